The van der Waals surface area contributed by atoms with E-state index < -0.39 is 15.6 Å². The summed E-state index contributed by atoms with van der Waals surface area (Å²) in [5.41, 5.74) is 1.13. The van der Waals surface area contributed by atoms with Crippen LogP contribution in [-0.2, 0) is 23.1 Å². The van der Waals surface area contributed by atoms with Gasteiger partial charge in [0, 0.05) is 38.3 Å². The average molecular weight is 561 g/mol. The molecule has 0 saturated heterocycles. The van der Waals surface area contributed by atoms with Gasteiger partial charge < -0.3 is 15.0 Å². The quantitative estimate of drug-likeness (QED) is 0.307. The first-order valence-corrected chi connectivity index (χ1v) is 11.2. The number of aliphatic imine (C=N–C) groups is 1. The fourth-order valence-corrected chi connectivity index (χ4v) is 4.75. The van der Waals surface area contributed by atoms with Crippen LogP contribution < -0.4 is 14.8 Å². The lowest BCUT2D eigenvalue weighted by Crippen LogP contribution is -2.41. The monoisotopic (exact) mass is 560 g/mol. The number of para-hydroxylation sites is 1. The number of sulfonamides is 1. The molecule has 2 N–H and O–H groups in total. The van der Waals surface area contributed by atoms with E-state index >= 15 is 0 Å². The zero-order valence-corrected chi connectivity index (χ0v) is 22.1. The molecule has 9 heteroatoms. The Morgan fingerprint density at radius 2 is 1.65 bits per heavy atom. The van der Waals surface area contributed by atoms with E-state index in [-0.39, 0.29) is 28.9 Å². The normalized spacial score (nSPS) is 12.1. The minimum atomic E-state index is -3.64. The first-order chi connectivity index (χ1) is 14.1. The van der Waals surface area contributed by atoms with E-state index in [0.717, 1.165) is 11.3 Å². The molecule has 0 aromatic heterocycles. The Labute approximate surface area is 203 Å². The highest BCUT2D eigenvalue weighted by Crippen LogP contribution is 2.20. The van der Waals surface area contributed by atoms with Gasteiger partial charge in [0.15, 0.2) is 5.96 Å². The molecule has 2 aromatic carbocycles. The predicted molar refractivity (Wildman–Crippen MR) is 137 cm³/mol. The average Bonchev–Trinajstić information content (AvgIpc) is 2.67. The third kappa shape index (κ3) is 7.97. The second kappa shape index (κ2) is 11.7. The Balaban J connectivity index is 0.00000480. The summed E-state index contributed by atoms with van der Waals surface area (Å²) in [6, 6.07) is 14.8. The van der Waals surface area contributed by atoms with Crippen LogP contribution in [0.3, 0.4) is 0 Å². The summed E-state index contributed by atoms with van der Waals surface area (Å²) >= 11 is 0. The Kier molecular flexibility index (Phi) is 10.2. The second-order valence-electron chi connectivity index (χ2n) is 8.03. The molecule has 31 heavy (non-hydrogen) atoms. The van der Waals surface area contributed by atoms with Crippen LogP contribution in [0.4, 0.5) is 0 Å². The van der Waals surface area contributed by atoms with Gasteiger partial charge in [0.1, 0.15) is 5.75 Å². The molecule has 0 unspecified atom stereocenters. The first-order valence-electron chi connectivity index (χ1n) is 9.73. The largest absolute Gasteiger partial charge is 0.496 e. The van der Waals surface area contributed by atoms with Crippen molar-refractivity contribution in [2.45, 2.75) is 44.3 Å². The number of benzene rings is 2. The van der Waals surface area contributed by atoms with E-state index in [0.29, 0.717) is 24.6 Å². The van der Waals surface area contributed by atoms with Crippen LogP contribution >= 0.6 is 24.0 Å². The van der Waals surface area contributed by atoms with Gasteiger partial charge in [-0.3, -0.25) is 4.99 Å². The topological polar surface area (TPSA) is 83.0 Å². The van der Waals surface area contributed by atoms with E-state index in [2.05, 4.69) is 15.0 Å². The molecule has 0 fully saturated rings. The van der Waals surface area contributed by atoms with Crippen molar-refractivity contribution in [2.75, 3.05) is 21.2 Å². The summed E-state index contributed by atoms with van der Waals surface area (Å²) in [7, 11) is 1.63. The summed E-state index contributed by atoms with van der Waals surface area (Å²) in [6.45, 7) is 6.37. The van der Waals surface area contributed by atoms with E-state index in [1.54, 1.807) is 32.4 Å². The lowest BCUT2D eigenvalue weighted by atomic mass is 10.1. The van der Waals surface area contributed by atoms with Crippen LogP contribution in [0.25, 0.3) is 0 Å². The molecule has 0 atom stereocenters. The van der Waals surface area contributed by atoms with Crippen molar-refractivity contribution < 1.29 is 13.2 Å². The molecule has 0 spiro atoms. The lowest BCUT2D eigenvalue weighted by Gasteiger charge is -2.24. The van der Waals surface area contributed by atoms with Gasteiger partial charge >= 0.3 is 0 Å². The third-order valence-electron chi connectivity index (χ3n) is 4.31. The van der Waals surface area contributed by atoms with E-state index in [1.165, 1.54) is 0 Å². The van der Waals surface area contributed by atoms with Gasteiger partial charge in [0.25, 0.3) is 0 Å². The summed E-state index contributed by atoms with van der Waals surface area (Å²) < 4.78 is 33.8. The van der Waals surface area contributed by atoms with Gasteiger partial charge in [0.05, 0.1) is 12.0 Å². The molecule has 0 saturated carbocycles. The predicted octanol–water partition coefficient (Wildman–Crippen LogP) is 3.60. The van der Waals surface area contributed by atoms with Crippen LogP contribution in [0.5, 0.6) is 5.75 Å². The summed E-state index contributed by atoms with van der Waals surface area (Å²) in [5, 5.41) is 3.26. The van der Waals surface area contributed by atoms with Crippen molar-refractivity contribution in [1.82, 2.24) is 14.9 Å². The molecule has 0 aliphatic heterocycles. The van der Waals surface area contributed by atoms with Crippen molar-refractivity contribution in [3.8, 4) is 5.75 Å². The molecule has 172 valence electrons. The highest BCUT2D eigenvalue weighted by molar-refractivity contribution is 14.0. The number of hydrogen-bond donors (Lipinski definition) is 2. The van der Waals surface area contributed by atoms with Gasteiger partial charge in [0.2, 0.25) is 10.0 Å². The standard InChI is InChI=1S/C22H32N4O3S.HI/c1-22(2,3)25-30(27,28)20-14-10-8-11-17(20)15-24-21(23-4)26(5)16-18-12-7-9-13-19(18)29-6;/h7-14,25H,15-16H2,1-6H3,(H,23,24);1H. The molecular formula is C22H33IN4O3S. The van der Waals surface area contributed by atoms with Gasteiger partial charge in [-0.05, 0) is 38.5 Å². The zero-order valence-electron chi connectivity index (χ0n) is 19.0. The molecule has 0 heterocycles. The van der Waals surface area contributed by atoms with Crippen LogP contribution in [-0.4, -0.2) is 46.0 Å². The highest BCUT2D eigenvalue weighted by atomic mass is 127. The Hall–Kier alpha value is -1.85. The lowest BCUT2D eigenvalue weighted by molar-refractivity contribution is 0.396. The van der Waals surface area contributed by atoms with Crippen molar-refractivity contribution in [1.29, 1.82) is 0 Å². The molecule has 2 rings (SSSR count). The number of nitrogens with zero attached hydrogens (tertiary/aromatic N) is 2. The van der Waals surface area contributed by atoms with Crippen LogP contribution in [0.2, 0.25) is 0 Å². The number of halogens is 1. The number of ether oxygens (including phenoxy) is 1. The maximum absolute atomic E-state index is 12.8. The molecule has 0 bridgehead atoms. The molecule has 7 nitrogen and oxygen atoms in total. The summed E-state index contributed by atoms with van der Waals surface area (Å²) in [6.07, 6.45) is 0. The van der Waals surface area contributed by atoms with E-state index in [4.69, 9.17) is 4.74 Å². The maximum Gasteiger partial charge on any atom is 0.241 e. The van der Waals surface area contributed by atoms with Gasteiger partial charge in [-0.25, -0.2) is 13.1 Å². The van der Waals surface area contributed by atoms with E-state index in [1.807, 2.05) is 63.1 Å². The fraction of sp³-hybridized carbons (Fsp3) is 0.409. The summed E-state index contributed by atoms with van der Waals surface area (Å²) in [4.78, 5) is 6.55. The molecule has 0 amide bonds. The third-order valence-corrected chi connectivity index (χ3v) is 6.17. The summed E-state index contributed by atoms with van der Waals surface area (Å²) in [5.74, 6) is 1.46. The number of nitrogens with one attached hydrogen (secondary N) is 2. The maximum atomic E-state index is 12.8. The zero-order chi connectivity index (χ0) is 22.4. The number of rotatable bonds is 7. The molecule has 0 radical (unpaired) electrons. The van der Waals surface area contributed by atoms with Crippen LogP contribution in [0.1, 0.15) is 31.9 Å². The number of hydrogen-bond acceptors (Lipinski definition) is 4. The Bertz CT molecular complexity index is 988. The van der Waals surface area contributed by atoms with Crippen molar-refractivity contribution >= 4 is 40.0 Å². The van der Waals surface area contributed by atoms with E-state index in [9.17, 15) is 8.42 Å². The van der Waals surface area contributed by atoms with Gasteiger partial charge in [-0.1, -0.05) is 36.4 Å². The van der Waals surface area contributed by atoms with Crippen molar-refractivity contribution in [3.63, 3.8) is 0 Å². The highest BCUT2D eigenvalue weighted by Gasteiger charge is 2.24. The van der Waals surface area contributed by atoms with Crippen molar-refractivity contribution in [3.05, 3.63) is 59.7 Å². The van der Waals surface area contributed by atoms with Gasteiger partial charge in [-0.15, -0.1) is 24.0 Å². The number of methoxy groups -OCH3 is 1. The Morgan fingerprint density at radius 3 is 2.23 bits per heavy atom. The molecular weight excluding hydrogens is 527 g/mol. The Morgan fingerprint density at radius 1 is 1.06 bits per heavy atom. The molecule has 2 aromatic rings. The fourth-order valence-electron chi connectivity index (χ4n) is 3.09. The molecule has 0 aliphatic carbocycles. The minimum absolute atomic E-state index is 0. The van der Waals surface area contributed by atoms with Crippen LogP contribution in [0, 0.1) is 0 Å². The number of guanidine groups is 1. The van der Waals surface area contributed by atoms with Crippen molar-refractivity contribution in [2.24, 2.45) is 4.99 Å². The van der Waals surface area contributed by atoms with Gasteiger partial charge in [-0.2, -0.15) is 0 Å². The molecule has 0 aliphatic rings. The van der Waals surface area contributed by atoms with Crippen LogP contribution in [0.15, 0.2) is 58.4 Å². The minimum Gasteiger partial charge on any atom is -0.496 e. The smallest absolute Gasteiger partial charge is 0.241 e. The second-order valence-corrected chi connectivity index (χ2v) is 9.68. The first kappa shape index (κ1) is 27.2. The SMILES string of the molecule is CN=C(NCc1ccccc1S(=O)(=O)NC(C)(C)C)N(C)Cc1ccccc1OC.I.